The van der Waals surface area contributed by atoms with Crippen LogP contribution < -0.4 is 10.1 Å². The van der Waals surface area contributed by atoms with Gasteiger partial charge in [-0.3, -0.25) is 4.79 Å². The zero-order valence-corrected chi connectivity index (χ0v) is 10.8. The summed E-state index contributed by atoms with van der Waals surface area (Å²) in [6.07, 6.45) is 0. The van der Waals surface area contributed by atoms with Crippen LogP contribution >= 0.6 is 0 Å². The number of carbonyl (C=O) groups excluding carboxylic acids is 1. The van der Waals surface area contributed by atoms with Crippen LogP contribution in [0.25, 0.3) is 0 Å². The molecule has 20 heavy (non-hydrogen) atoms. The molecule has 0 bridgehead atoms. The number of ether oxygens (including phenoxy) is 1. The molecule has 0 saturated heterocycles. The van der Waals surface area contributed by atoms with Gasteiger partial charge in [-0.25, -0.2) is 8.78 Å². The van der Waals surface area contributed by atoms with E-state index in [1.165, 1.54) is 36.4 Å². The Kier molecular flexibility index (Phi) is 4.30. The molecule has 0 aliphatic heterocycles. The van der Waals surface area contributed by atoms with Gasteiger partial charge in [-0.1, -0.05) is 6.07 Å². The lowest BCUT2D eigenvalue weighted by molar-refractivity contribution is -0.118. The van der Waals surface area contributed by atoms with Crippen molar-refractivity contribution in [2.24, 2.45) is 0 Å². The molecule has 0 unspecified atom stereocenters. The molecule has 0 aromatic heterocycles. The van der Waals surface area contributed by atoms with Crippen LogP contribution in [0, 0.1) is 18.6 Å². The summed E-state index contributed by atoms with van der Waals surface area (Å²) in [7, 11) is 0. The number of carbonyl (C=O) groups is 1. The summed E-state index contributed by atoms with van der Waals surface area (Å²) in [6.45, 7) is 1.48. The van der Waals surface area contributed by atoms with Crippen molar-refractivity contribution in [1.82, 2.24) is 0 Å². The predicted molar refractivity (Wildman–Crippen MR) is 71.7 cm³/mol. The van der Waals surface area contributed by atoms with Gasteiger partial charge in [0.2, 0.25) is 0 Å². The Hall–Kier alpha value is -2.43. The van der Waals surface area contributed by atoms with E-state index in [9.17, 15) is 13.6 Å². The molecule has 104 valence electrons. The van der Waals surface area contributed by atoms with Crippen LogP contribution in [0.3, 0.4) is 0 Å². The van der Waals surface area contributed by atoms with Crippen LogP contribution in [0.5, 0.6) is 5.75 Å². The second kappa shape index (κ2) is 6.14. The molecule has 1 amide bonds. The summed E-state index contributed by atoms with van der Waals surface area (Å²) in [5.74, 6) is -1.01. The molecule has 0 aliphatic carbocycles. The van der Waals surface area contributed by atoms with Gasteiger partial charge in [-0.05, 0) is 48.9 Å². The monoisotopic (exact) mass is 277 g/mol. The van der Waals surface area contributed by atoms with E-state index in [1.54, 1.807) is 13.0 Å². The molecule has 0 heterocycles. The van der Waals surface area contributed by atoms with Crippen LogP contribution in [0.4, 0.5) is 14.5 Å². The fourth-order valence-corrected chi connectivity index (χ4v) is 1.59. The molecule has 0 atom stereocenters. The molecule has 0 fully saturated rings. The van der Waals surface area contributed by atoms with E-state index in [4.69, 9.17) is 4.74 Å². The summed E-state index contributed by atoms with van der Waals surface area (Å²) in [4.78, 5) is 11.6. The van der Waals surface area contributed by atoms with Gasteiger partial charge in [0, 0.05) is 0 Å². The van der Waals surface area contributed by atoms with Gasteiger partial charge in [0.05, 0.1) is 5.69 Å². The highest BCUT2D eigenvalue weighted by Crippen LogP contribution is 2.15. The topological polar surface area (TPSA) is 38.3 Å². The summed E-state index contributed by atoms with van der Waals surface area (Å²) in [5, 5.41) is 2.41. The van der Waals surface area contributed by atoms with Crippen molar-refractivity contribution in [3.8, 4) is 5.75 Å². The summed E-state index contributed by atoms with van der Waals surface area (Å²) in [6, 6.07) is 9.79. The number of aryl methyl sites for hydroxylation is 1. The van der Waals surface area contributed by atoms with Gasteiger partial charge in [0.1, 0.15) is 17.4 Å². The van der Waals surface area contributed by atoms with Crippen LogP contribution in [-0.2, 0) is 4.79 Å². The largest absolute Gasteiger partial charge is 0.484 e. The minimum Gasteiger partial charge on any atom is -0.484 e. The maximum absolute atomic E-state index is 13.5. The second-order valence-corrected chi connectivity index (χ2v) is 4.27. The lowest BCUT2D eigenvalue weighted by Crippen LogP contribution is -2.20. The van der Waals surface area contributed by atoms with Gasteiger partial charge in [-0.2, -0.15) is 0 Å². The maximum atomic E-state index is 13.5. The Morgan fingerprint density at radius 1 is 1.15 bits per heavy atom. The van der Waals surface area contributed by atoms with Crippen molar-refractivity contribution in [3.63, 3.8) is 0 Å². The lowest BCUT2D eigenvalue weighted by atomic mass is 10.2. The van der Waals surface area contributed by atoms with Crippen molar-refractivity contribution >= 4 is 11.6 Å². The van der Waals surface area contributed by atoms with Crippen molar-refractivity contribution < 1.29 is 18.3 Å². The molecule has 0 saturated carbocycles. The first-order chi connectivity index (χ1) is 9.54. The van der Waals surface area contributed by atoms with E-state index < -0.39 is 11.7 Å². The highest BCUT2D eigenvalue weighted by molar-refractivity contribution is 5.92. The predicted octanol–water partition coefficient (Wildman–Crippen LogP) is 3.29. The Labute approximate surface area is 115 Å². The molecule has 0 spiro atoms. The van der Waals surface area contributed by atoms with Gasteiger partial charge in [0.25, 0.3) is 5.91 Å². The number of nitrogens with one attached hydrogen (secondary N) is 1. The average molecular weight is 277 g/mol. The molecule has 2 aromatic rings. The van der Waals surface area contributed by atoms with Crippen LogP contribution in [0.2, 0.25) is 0 Å². The van der Waals surface area contributed by atoms with Crippen LogP contribution in [0.1, 0.15) is 5.56 Å². The van der Waals surface area contributed by atoms with E-state index in [2.05, 4.69) is 5.32 Å². The van der Waals surface area contributed by atoms with Crippen LogP contribution in [-0.4, -0.2) is 12.5 Å². The highest BCUT2D eigenvalue weighted by Gasteiger charge is 2.08. The first-order valence-corrected chi connectivity index (χ1v) is 5.99. The Bertz CT molecular complexity index is 612. The van der Waals surface area contributed by atoms with E-state index >= 15 is 0 Å². The van der Waals surface area contributed by atoms with Gasteiger partial charge in [0.15, 0.2) is 6.61 Å². The quantitative estimate of drug-likeness (QED) is 0.931. The van der Waals surface area contributed by atoms with E-state index in [-0.39, 0.29) is 18.1 Å². The summed E-state index contributed by atoms with van der Waals surface area (Å²) >= 11 is 0. The number of halogens is 2. The molecule has 2 aromatic carbocycles. The summed E-state index contributed by atoms with van der Waals surface area (Å²) in [5.41, 5.74) is 0.867. The molecule has 0 aliphatic rings. The zero-order chi connectivity index (χ0) is 14.5. The van der Waals surface area contributed by atoms with Crippen molar-refractivity contribution in [1.29, 1.82) is 0 Å². The Balaban J connectivity index is 1.90. The molecular formula is C15H13F2NO2. The Morgan fingerprint density at radius 2 is 1.85 bits per heavy atom. The normalized spacial score (nSPS) is 10.2. The standard InChI is InChI=1S/C15H13F2NO2/c1-10-2-7-14(13(17)8-10)18-15(19)9-20-12-5-3-11(16)4-6-12/h2-8H,9H2,1H3,(H,18,19). The third kappa shape index (κ3) is 3.78. The van der Waals surface area contributed by atoms with Gasteiger partial charge in [-0.15, -0.1) is 0 Å². The molecule has 5 heteroatoms. The molecule has 2 rings (SSSR count). The fourth-order valence-electron chi connectivity index (χ4n) is 1.59. The second-order valence-electron chi connectivity index (χ2n) is 4.27. The van der Waals surface area contributed by atoms with E-state index in [0.717, 1.165) is 5.56 Å². The number of rotatable bonds is 4. The highest BCUT2D eigenvalue weighted by atomic mass is 19.1. The van der Waals surface area contributed by atoms with Crippen molar-refractivity contribution in [2.75, 3.05) is 11.9 Å². The van der Waals surface area contributed by atoms with Crippen molar-refractivity contribution in [2.45, 2.75) is 6.92 Å². The first-order valence-electron chi connectivity index (χ1n) is 5.99. The fraction of sp³-hybridized carbons (Fsp3) is 0.133. The van der Waals surface area contributed by atoms with Gasteiger partial charge >= 0.3 is 0 Å². The lowest BCUT2D eigenvalue weighted by Gasteiger charge is -2.08. The molecule has 0 radical (unpaired) electrons. The molecular weight excluding hydrogens is 264 g/mol. The zero-order valence-electron chi connectivity index (χ0n) is 10.8. The van der Waals surface area contributed by atoms with E-state index in [1.807, 2.05) is 0 Å². The van der Waals surface area contributed by atoms with Crippen LogP contribution in [0.15, 0.2) is 42.5 Å². The Morgan fingerprint density at radius 3 is 2.50 bits per heavy atom. The smallest absolute Gasteiger partial charge is 0.262 e. The number of hydrogen-bond donors (Lipinski definition) is 1. The first kappa shape index (κ1) is 14.0. The number of hydrogen-bond acceptors (Lipinski definition) is 2. The number of amides is 1. The van der Waals surface area contributed by atoms with Gasteiger partial charge < -0.3 is 10.1 Å². The third-order valence-corrected chi connectivity index (χ3v) is 2.58. The van der Waals surface area contributed by atoms with Crippen molar-refractivity contribution in [3.05, 3.63) is 59.7 Å². The minimum atomic E-state index is -0.500. The number of anilines is 1. The third-order valence-electron chi connectivity index (χ3n) is 2.58. The number of benzene rings is 2. The van der Waals surface area contributed by atoms with E-state index in [0.29, 0.717) is 5.75 Å². The maximum Gasteiger partial charge on any atom is 0.262 e. The molecule has 1 N–H and O–H groups in total. The molecule has 3 nitrogen and oxygen atoms in total. The minimum absolute atomic E-state index is 0.100. The average Bonchev–Trinajstić information content (AvgIpc) is 2.41. The SMILES string of the molecule is Cc1ccc(NC(=O)COc2ccc(F)cc2)c(F)c1. The summed E-state index contributed by atoms with van der Waals surface area (Å²) < 4.78 is 31.4.